The van der Waals surface area contributed by atoms with Crippen LogP contribution in [0, 0.1) is 0 Å². The molecule has 0 bridgehead atoms. The van der Waals surface area contributed by atoms with Crippen LogP contribution in [0.2, 0.25) is 0 Å². The van der Waals surface area contributed by atoms with Crippen LogP contribution in [0.15, 0.2) is 93.8 Å². The van der Waals surface area contributed by atoms with Gasteiger partial charge in [0.05, 0.1) is 21.2 Å². The maximum absolute atomic E-state index is 12.2. The monoisotopic (exact) mass is 656 g/mol. The maximum atomic E-state index is 12.2. The number of anilines is 2. The van der Waals surface area contributed by atoms with Crippen molar-refractivity contribution in [2.75, 3.05) is 10.6 Å². The number of nitrogens with one attached hydrogen (secondary N) is 4. The van der Waals surface area contributed by atoms with Gasteiger partial charge in [0, 0.05) is 24.2 Å². The Balaban J connectivity index is 1.07. The lowest BCUT2D eigenvalue weighted by atomic mass is 10.1. The lowest BCUT2D eigenvalue weighted by Gasteiger charge is -2.07. The minimum absolute atomic E-state index is 0.151. The van der Waals surface area contributed by atoms with Crippen molar-refractivity contribution in [2.24, 2.45) is 10.2 Å². The number of hydrogen-bond donors (Lipinski definition) is 4. The summed E-state index contributed by atoms with van der Waals surface area (Å²) in [6, 6.07) is 21.7. The molecule has 0 unspecified atom stereocenters. The fraction of sp³-hybridized carbons (Fsp3) is 0.235. The van der Waals surface area contributed by atoms with Gasteiger partial charge < -0.3 is 10.6 Å². The Morgan fingerprint density at radius 2 is 0.957 bits per heavy atom. The lowest BCUT2D eigenvalue weighted by molar-refractivity contribution is -0.122. The van der Waals surface area contributed by atoms with Crippen molar-refractivity contribution in [3.8, 4) is 0 Å². The fourth-order valence-corrected chi connectivity index (χ4v) is 5.49. The van der Waals surface area contributed by atoms with Crippen molar-refractivity contribution >= 4 is 69.1 Å². The van der Waals surface area contributed by atoms with E-state index in [-0.39, 0.29) is 23.6 Å². The van der Waals surface area contributed by atoms with Crippen LogP contribution in [-0.4, -0.2) is 35.1 Å². The second-order valence-corrected chi connectivity index (χ2v) is 12.3. The van der Waals surface area contributed by atoms with Crippen molar-refractivity contribution in [1.29, 1.82) is 0 Å². The molecule has 4 rings (SSSR count). The number of unbranched alkanes of at least 4 members (excludes halogenated alkanes) is 3. The van der Waals surface area contributed by atoms with E-state index >= 15 is 0 Å². The second kappa shape index (κ2) is 17.5. The number of hydrogen-bond acceptors (Lipinski definition) is 8. The van der Waals surface area contributed by atoms with Crippen LogP contribution in [0.1, 0.15) is 82.8 Å². The van der Waals surface area contributed by atoms with E-state index in [4.69, 9.17) is 0 Å². The van der Waals surface area contributed by atoms with Gasteiger partial charge in [0.15, 0.2) is 0 Å². The lowest BCUT2D eigenvalue weighted by Crippen LogP contribution is -2.19. The van der Waals surface area contributed by atoms with Gasteiger partial charge >= 0.3 is 0 Å². The molecule has 2 heterocycles. The molecule has 46 heavy (non-hydrogen) atoms. The molecule has 0 aliphatic heterocycles. The molecule has 4 N–H and O–H groups in total. The van der Waals surface area contributed by atoms with E-state index < -0.39 is 0 Å². The number of benzene rings is 2. The molecule has 0 aliphatic carbocycles. The van der Waals surface area contributed by atoms with Crippen molar-refractivity contribution < 1.29 is 19.2 Å². The highest BCUT2D eigenvalue weighted by molar-refractivity contribution is 7.12. The molecule has 2 aromatic carbocycles. The van der Waals surface area contributed by atoms with Gasteiger partial charge in [-0.2, -0.15) is 10.2 Å². The number of nitrogens with zero attached hydrogens (tertiary/aromatic N) is 2. The van der Waals surface area contributed by atoms with Gasteiger partial charge in [-0.3, -0.25) is 19.2 Å². The van der Waals surface area contributed by atoms with Crippen LogP contribution < -0.4 is 21.5 Å². The van der Waals surface area contributed by atoms with E-state index in [1.807, 2.05) is 47.2 Å². The first-order valence-corrected chi connectivity index (χ1v) is 16.6. The Bertz CT molecular complexity index is 1540. The summed E-state index contributed by atoms with van der Waals surface area (Å²) in [5.74, 6) is -0.637. The predicted octanol–water partition coefficient (Wildman–Crippen LogP) is 7.04. The predicted molar refractivity (Wildman–Crippen MR) is 186 cm³/mol. The molecular weight excluding hydrogens is 621 g/mol. The van der Waals surface area contributed by atoms with Crippen molar-refractivity contribution in [3.63, 3.8) is 0 Å². The summed E-state index contributed by atoms with van der Waals surface area (Å²) in [6.45, 7) is 3.61. The Kier molecular flexibility index (Phi) is 12.9. The smallest absolute Gasteiger partial charge is 0.265 e. The number of amides is 4. The largest absolute Gasteiger partial charge is 0.321 e. The van der Waals surface area contributed by atoms with Gasteiger partial charge in [-0.15, -0.1) is 22.7 Å². The summed E-state index contributed by atoms with van der Waals surface area (Å²) < 4.78 is 0. The molecule has 0 radical (unpaired) electrons. The summed E-state index contributed by atoms with van der Waals surface area (Å²) in [5.41, 5.74) is 9.53. The summed E-state index contributed by atoms with van der Waals surface area (Å²) in [5, 5.41) is 17.8. The molecule has 12 heteroatoms. The van der Waals surface area contributed by atoms with Gasteiger partial charge in [0.1, 0.15) is 0 Å². The maximum Gasteiger partial charge on any atom is 0.265 e. The first-order chi connectivity index (χ1) is 22.3. The second-order valence-electron chi connectivity index (χ2n) is 10.4. The summed E-state index contributed by atoms with van der Waals surface area (Å²) in [7, 11) is 0. The number of rotatable bonds is 15. The minimum Gasteiger partial charge on any atom is -0.321 e. The van der Waals surface area contributed by atoms with Gasteiger partial charge in [-0.05, 0) is 85.0 Å². The first kappa shape index (κ1) is 33.9. The SMILES string of the molecule is C/C(=N\NC(=O)CCCCCCC(=O)N/N=C(\C)c1ccc(NC(=O)c2cccs2)cc1)c1ccc(NC(=O)c2cccs2)cc1. The Morgan fingerprint density at radius 3 is 1.30 bits per heavy atom. The number of thiophene rings is 2. The third kappa shape index (κ3) is 10.9. The molecule has 238 valence electrons. The zero-order valence-corrected chi connectivity index (χ0v) is 27.3. The molecule has 0 saturated carbocycles. The molecule has 0 spiro atoms. The van der Waals surface area contributed by atoms with Crippen molar-refractivity contribution in [2.45, 2.75) is 52.4 Å². The Morgan fingerprint density at radius 1 is 0.565 bits per heavy atom. The van der Waals surface area contributed by atoms with E-state index in [9.17, 15) is 19.2 Å². The normalized spacial score (nSPS) is 11.5. The van der Waals surface area contributed by atoms with Gasteiger partial charge in [-0.1, -0.05) is 49.2 Å². The molecule has 4 aromatic rings. The molecule has 0 saturated heterocycles. The standard InChI is InChI=1S/C34H36N6O4S2/c1-23(25-13-17-27(18-14-25)35-33(43)29-9-7-21-45-29)37-39-31(41)11-5-3-4-6-12-32(42)40-38-24(2)26-15-19-28(20-16-26)36-34(44)30-10-8-22-46-30/h7-10,13-22H,3-6,11-12H2,1-2H3,(H,35,43)(H,36,44)(H,39,41)(H,40,42)/b37-23+,38-24+. The summed E-state index contributed by atoms with van der Waals surface area (Å²) >= 11 is 2.76. The van der Waals surface area contributed by atoms with Crippen molar-refractivity contribution in [1.82, 2.24) is 10.9 Å². The van der Waals surface area contributed by atoms with E-state index in [1.54, 1.807) is 50.2 Å². The fourth-order valence-electron chi connectivity index (χ4n) is 4.25. The van der Waals surface area contributed by atoms with E-state index in [1.165, 1.54) is 22.7 Å². The Labute approximate surface area is 276 Å². The number of hydrazone groups is 2. The summed E-state index contributed by atoms with van der Waals surface area (Å²) in [6.07, 6.45) is 3.72. The van der Waals surface area contributed by atoms with Crippen LogP contribution in [0.4, 0.5) is 11.4 Å². The quantitative estimate of drug-likeness (QED) is 0.0619. The molecule has 4 amide bonds. The summed E-state index contributed by atoms with van der Waals surface area (Å²) in [4.78, 5) is 50.1. The highest BCUT2D eigenvalue weighted by Gasteiger charge is 2.09. The molecule has 2 aromatic heterocycles. The van der Waals surface area contributed by atoms with Crippen LogP contribution in [0.3, 0.4) is 0 Å². The molecule has 10 nitrogen and oxygen atoms in total. The van der Waals surface area contributed by atoms with Gasteiger partial charge in [0.2, 0.25) is 11.8 Å². The van der Waals surface area contributed by atoms with Crippen molar-refractivity contribution in [3.05, 3.63) is 104 Å². The van der Waals surface area contributed by atoms with E-state index in [0.29, 0.717) is 58.2 Å². The number of carbonyl (C=O) groups is 4. The average molecular weight is 657 g/mol. The van der Waals surface area contributed by atoms with Gasteiger partial charge in [-0.25, -0.2) is 10.9 Å². The number of carbonyl (C=O) groups excluding carboxylic acids is 4. The van der Waals surface area contributed by atoms with Crippen LogP contribution in [0.25, 0.3) is 0 Å². The zero-order valence-electron chi connectivity index (χ0n) is 25.7. The zero-order chi connectivity index (χ0) is 32.7. The van der Waals surface area contributed by atoms with Crippen LogP contribution in [-0.2, 0) is 9.59 Å². The Hall–Kier alpha value is -4.94. The van der Waals surface area contributed by atoms with E-state index in [0.717, 1.165) is 24.0 Å². The molecule has 0 atom stereocenters. The van der Waals surface area contributed by atoms with Crippen LogP contribution in [0.5, 0.6) is 0 Å². The third-order valence-electron chi connectivity index (χ3n) is 6.87. The molecule has 0 aliphatic rings. The van der Waals surface area contributed by atoms with Gasteiger partial charge in [0.25, 0.3) is 11.8 Å². The molecular formula is C34H36N6O4S2. The third-order valence-corrected chi connectivity index (χ3v) is 8.60. The first-order valence-electron chi connectivity index (χ1n) is 14.9. The van der Waals surface area contributed by atoms with E-state index in [2.05, 4.69) is 31.7 Å². The topological polar surface area (TPSA) is 141 Å². The average Bonchev–Trinajstić information content (AvgIpc) is 3.81. The highest BCUT2D eigenvalue weighted by atomic mass is 32.1. The molecule has 0 fully saturated rings. The van der Waals surface area contributed by atoms with Crippen LogP contribution >= 0.6 is 22.7 Å². The minimum atomic E-state index is -0.167. The highest BCUT2D eigenvalue weighted by Crippen LogP contribution is 2.16.